The van der Waals surface area contributed by atoms with E-state index in [1.165, 1.54) is 12.2 Å². The molecule has 0 spiro atoms. The second-order valence-corrected chi connectivity index (χ2v) is 2.15. The van der Waals surface area contributed by atoms with E-state index in [9.17, 15) is 9.59 Å². The molecule has 0 fully saturated rings. The van der Waals surface area contributed by atoms with Crippen LogP contribution in [0, 0.1) is 12.3 Å². The number of hydrogen-bond acceptors (Lipinski definition) is 3. The Labute approximate surface area is 69.7 Å². The first-order chi connectivity index (χ1) is 5.80. The molecule has 0 bridgehead atoms. The summed E-state index contributed by atoms with van der Waals surface area (Å²) < 4.78 is 4.94. The maximum absolute atomic E-state index is 10.3. The van der Waals surface area contributed by atoms with Gasteiger partial charge in [-0.25, -0.2) is 0 Å². The van der Waals surface area contributed by atoms with Crippen LogP contribution < -0.4 is 0 Å². The number of terminal acetylenes is 1. The topological polar surface area (TPSA) is 43.4 Å². The molecule has 0 aliphatic carbocycles. The molecule has 0 amide bonds. The summed E-state index contributed by atoms with van der Waals surface area (Å²) in [7, 11) is 0. The lowest BCUT2D eigenvalue weighted by Crippen LogP contribution is -2.13. The van der Waals surface area contributed by atoms with Gasteiger partial charge in [0.25, 0.3) is 0 Å². The average molecular weight is 162 g/mol. The van der Waals surface area contributed by atoms with Crippen LogP contribution in [0.3, 0.4) is 0 Å². The van der Waals surface area contributed by atoms with E-state index >= 15 is 0 Å². The summed E-state index contributed by atoms with van der Waals surface area (Å²) in [6.07, 6.45) is 8.39. The molecule has 1 unspecified atom stereocenters. The van der Waals surface area contributed by atoms with Crippen molar-refractivity contribution in [1.82, 2.24) is 0 Å². The van der Waals surface area contributed by atoms with Gasteiger partial charge in [-0.05, 0) is 12.2 Å². The Morgan fingerprint density at radius 1 is 1.50 bits per heavy atom. The second-order valence-electron chi connectivity index (χ2n) is 2.15. The molecule has 0 radical (unpaired) electrons. The van der Waals surface area contributed by atoms with Crippen molar-refractivity contribution in [3.05, 3.63) is 23.5 Å². The molecular formula is C9H6O3. The Kier molecular flexibility index (Phi) is 2.44. The van der Waals surface area contributed by atoms with Gasteiger partial charge in [-0.3, -0.25) is 9.59 Å². The number of hydrogen-bond donors (Lipinski definition) is 0. The molecule has 0 aromatic carbocycles. The molecule has 0 saturated carbocycles. The molecule has 1 rings (SSSR count). The van der Waals surface area contributed by atoms with Crippen LogP contribution in [0.2, 0.25) is 0 Å². The molecule has 1 heterocycles. The maximum Gasteiger partial charge on any atom is 0.184 e. The SMILES string of the molecule is C#CC1C=C(C=O)C=C(C=O)O1. The zero-order valence-electron chi connectivity index (χ0n) is 6.19. The molecule has 1 atom stereocenters. The van der Waals surface area contributed by atoms with Crippen LogP contribution in [0.5, 0.6) is 0 Å². The molecular weight excluding hydrogens is 156 g/mol. The summed E-state index contributed by atoms with van der Waals surface area (Å²) in [4.78, 5) is 20.6. The van der Waals surface area contributed by atoms with E-state index in [1.54, 1.807) is 0 Å². The summed E-state index contributed by atoms with van der Waals surface area (Å²) in [6.45, 7) is 0. The molecule has 12 heavy (non-hydrogen) atoms. The Balaban J connectivity index is 2.93. The number of carbonyl (C=O) groups excluding carboxylic acids is 2. The van der Waals surface area contributed by atoms with Gasteiger partial charge in [0.2, 0.25) is 0 Å². The van der Waals surface area contributed by atoms with Gasteiger partial charge in [-0.1, -0.05) is 5.92 Å². The fraction of sp³-hybridized carbons (Fsp3) is 0.111. The minimum atomic E-state index is -0.615. The van der Waals surface area contributed by atoms with Crippen molar-refractivity contribution in [1.29, 1.82) is 0 Å². The predicted octanol–water partition coefficient (Wildman–Crippen LogP) is 0.226. The van der Waals surface area contributed by atoms with E-state index in [0.717, 1.165) is 0 Å². The first-order valence-electron chi connectivity index (χ1n) is 3.27. The van der Waals surface area contributed by atoms with E-state index in [-0.39, 0.29) is 5.76 Å². The zero-order chi connectivity index (χ0) is 8.97. The third-order valence-corrected chi connectivity index (χ3v) is 1.33. The van der Waals surface area contributed by atoms with Gasteiger partial charge in [0.15, 0.2) is 18.1 Å². The van der Waals surface area contributed by atoms with Crippen molar-refractivity contribution in [3.63, 3.8) is 0 Å². The van der Waals surface area contributed by atoms with Gasteiger partial charge in [0.05, 0.1) is 0 Å². The highest BCUT2D eigenvalue weighted by molar-refractivity contribution is 5.83. The van der Waals surface area contributed by atoms with Gasteiger partial charge in [0, 0.05) is 5.57 Å². The van der Waals surface area contributed by atoms with Gasteiger partial charge in [0.1, 0.15) is 6.29 Å². The highest BCUT2D eigenvalue weighted by Crippen LogP contribution is 2.12. The fourth-order valence-corrected chi connectivity index (χ4v) is 0.819. The maximum atomic E-state index is 10.3. The largest absolute Gasteiger partial charge is 0.470 e. The van der Waals surface area contributed by atoms with Crippen molar-refractivity contribution in [2.75, 3.05) is 0 Å². The minimum Gasteiger partial charge on any atom is -0.470 e. The van der Waals surface area contributed by atoms with E-state index in [1.807, 2.05) is 0 Å². The number of allylic oxidation sites excluding steroid dienone is 3. The van der Waals surface area contributed by atoms with E-state index < -0.39 is 6.10 Å². The van der Waals surface area contributed by atoms with Crippen LogP contribution in [0.25, 0.3) is 0 Å². The Morgan fingerprint density at radius 2 is 2.25 bits per heavy atom. The first kappa shape index (κ1) is 8.28. The van der Waals surface area contributed by atoms with Crippen LogP contribution in [-0.2, 0) is 14.3 Å². The standard InChI is InChI=1S/C9H6O3/c1-2-8-3-7(5-10)4-9(6-11)12-8/h1,3-6,8H. The highest BCUT2D eigenvalue weighted by atomic mass is 16.5. The van der Waals surface area contributed by atoms with Crippen LogP contribution in [0.1, 0.15) is 0 Å². The van der Waals surface area contributed by atoms with Gasteiger partial charge < -0.3 is 4.74 Å². The van der Waals surface area contributed by atoms with E-state index in [2.05, 4.69) is 5.92 Å². The second kappa shape index (κ2) is 3.54. The molecule has 1 aliphatic heterocycles. The Bertz CT molecular complexity index is 304. The Morgan fingerprint density at radius 3 is 2.75 bits per heavy atom. The van der Waals surface area contributed by atoms with Crippen molar-refractivity contribution in [2.45, 2.75) is 6.10 Å². The van der Waals surface area contributed by atoms with Crippen LogP contribution in [0.4, 0.5) is 0 Å². The van der Waals surface area contributed by atoms with Crippen LogP contribution in [0.15, 0.2) is 23.5 Å². The monoisotopic (exact) mass is 162 g/mol. The van der Waals surface area contributed by atoms with Gasteiger partial charge in [-0.15, -0.1) is 6.42 Å². The molecule has 0 N–H and O–H groups in total. The van der Waals surface area contributed by atoms with Crippen molar-refractivity contribution in [3.8, 4) is 12.3 Å². The number of rotatable bonds is 2. The molecule has 0 aromatic rings. The summed E-state index contributed by atoms with van der Waals surface area (Å²) in [5, 5.41) is 0. The summed E-state index contributed by atoms with van der Waals surface area (Å²) >= 11 is 0. The predicted molar refractivity (Wildman–Crippen MR) is 42.0 cm³/mol. The lowest BCUT2D eigenvalue weighted by Gasteiger charge is -2.13. The molecule has 3 heteroatoms. The van der Waals surface area contributed by atoms with E-state index in [0.29, 0.717) is 18.1 Å². The smallest absolute Gasteiger partial charge is 0.184 e. The molecule has 3 nitrogen and oxygen atoms in total. The fourth-order valence-electron chi connectivity index (χ4n) is 0.819. The lowest BCUT2D eigenvalue weighted by molar-refractivity contribution is -0.108. The quantitative estimate of drug-likeness (QED) is 0.431. The molecule has 60 valence electrons. The highest BCUT2D eigenvalue weighted by Gasteiger charge is 2.12. The summed E-state index contributed by atoms with van der Waals surface area (Å²) in [5.74, 6) is 2.36. The molecule has 1 aliphatic rings. The van der Waals surface area contributed by atoms with Gasteiger partial charge >= 0.3 is 0 Å². The Hall–Kier alpha value is -1.82. The van der Waals surface area contributed by atoms with Gasteiger partial charge in [-0.2, -0.15) is 0 Å². The summed E-state index contributed by atoms with van der Waals surface area (Å²) in [5.41, 5.74) is 0.367. The first-order valence-corrected chi connectivity index (χ1v) is 3.27. The molecule has 0 saturated heterocycles. The normalized spacial score (nSPS) is 21.1. The van der Waals surface area contributed by atoms with Crippen LogP contribution in [-0.4, -0.2) is 18.7 Å². The third kappa shape index (κ3) is 1.61. The number of ether oxygens (including phenoxy) is 1. The zero-order valence-corrected chi connectivity index (χ0v) is 6.19. The molecule has 0 aromatic heterocycles. The number of carbonyl (C=O) groups is 2. The third-order valence-electron chi connectivity index (χ3n) is 1.33. The van der Waals surface area contributed by atoms with Crippen LogP contribution >= 0.6 is 0 Å². The minimum absolute atomic E-state index is 0.0857. The van der Waals surface area contributed by atoms with Crippen molar-refractivity contribution >= 4 is 12.6 Å². The van der Waals surface area contributed by atoms with E-state index in [4.69, 9.17) is 11.2 Å². The lowest BCUT2D eigenvalue weighted by atomic mass is 10.1. The van der Waals surface area contributed by atoms with Crippen molar-refractivity contribution < 1.29 is 14.3 Å². The number of aldehydes is 2. The van der Waals surface area contributed by atoms with Crippen molar-refractivity contribution in [2.24, 2.45) is 0 Å². The average Bonchev–Trinajstić information content (AvgIpc) is 2.16. The summed E-state index contributed by atoms with van der Waals surface area (Å²) in [6, 6.07) is 0.